The van der Waals surface area contributed by atoms with Crippen molar-refractivity contribution in [1.29, 1.82) is 0 Å². The zero-order valence-corrected chi connectivity index (χ0v) is 13.7. The molecular weight excluding hydrogens is 390 g/mol. The van der Waals surface area contributed by atoms with Crippen molar-refractivity contribution in [3.63, 3.8) is 0 Å². The molecule has 0 aliphatic carbocycles. The minimum atomic E-state index is -0.471. The van der Waals surface area contributed by atoms with Crippen LogP contribution in [0.15, 0.2) is 38.1 Å². The van der Waals surface area contributed by atoms with Gasteiger partial charge in [0.2, 0.25) is 5.91 Å². The van der Waals surface area contributed by atoms with Gasteiger partial charge in [0.1, 0.15) is 4.47 Å². The summed E-state index contributed by atoms with van der Waals surface area (Å²) in [6, 6.07) is 5.12. The number of halogens is 2. The molecule has 0 unspecified atom stereocenters. The van der Waals surface area contributed by atoms with Gasteiger partial charge in [0, 0.05) is 5.56 Å². The van der Waals surface area contributed by atoms with Gasteiger partial charge >= 0.3 is 0 Å². The molecule has 5 nitrogen and oxygen atoms in total. The molecule has 0 bridgehead atoms. The van der Waals surface area contributed by atoms with Crippen LogP contribution in [0, 0.1) is 6.92 Å². The zero-order chi connectivity index (χ0) is 14.9. The van der Waals surface area contributed by atoms with Gasteiger partial charge in [-0.2, -0.15) is 5.10 Å². The van der Waals surface area contributed by atoms with Crippen LogP contribution in [0.1, 0.15) is 21.5 Å². The fourth-order valence-corrected chi connectivity index (χ4v) is 2.31. The molecule has 1 aromatic heterocycles. The Bertz CT molecular complexity index is 741. The fourth-order valence-electron chi connectivity index (χ4n) is 1.75. The van der Waals surface area contributed by atoms with Crippen LogP contribution in [-0.2, 0) is 6.54 Å². The third-order valence-electron chi connectivity index (χ3n) is 2.89. The number of amides is 1. The van der Waals surface area contributed by atoms with Crippen molar-refractivity contribution in [3.8, 4) is 0 Å². The van der Waals surface area contributed by atoms with Crippen molar-refractivity contribution in [2.24, 2.45) is 5.73 Å². The van der Waals surface area contributed by atoms with Crippen LogP contribution in [0.25, 0.3) is 0 Å². The largest absolute Gasteiger partial charge is 0.366 e. The predicted molar refractivity (Wildman–Crippen MR) is 82.7 cm³/mol. The van der Waals surface area contributed by atoms with E-state index >= 15 is 0 Å². The number of carbonyl (C=O) groups excluding carboxylic acids is 1. The summed E-state index contributed by atoms with van der Waals surface area (Å²) in [4.78, 5) is 23.1. The first-order valence-corrected chi connectivity index (χ1v) is 7.29. The van der Waals surface area contributed by atoms with E-state index in [1.54, 1.807) is 24.4 Å². The Morgan fingerprint density at radius 1 is 1.40 bits per heavy atom. The Kier molecular flexibility index (Phi) is 4.39. The predicted octanol–water partition coefficient (Wildman–Crippen LogP) is 2.22. The second-order valence-corrected chi connectivity index (χ2v) is 5.92. The molecule has 2 N–H and O–H groups in total. The highest BCUT2D eigenvalue weighted by molar-refractivity contribution is 9.13. The fraction of sp³-hybridized carbons (Fsp3) is 0.154. The van der Waals surface area contributed by atoms with Crippen molar-refractivity contribution in [2.45, 2.75) is 13.5 Å². The molecule has 1 amide bonds. The Labute approximate surface area is 132 Å². The number of nitrogens with two attached hydrogens (primary N) is 1. The average molecular weight is 401 g/mol. The van der Waals surface area contributed by atoms with Crippen LogP contribution in [0.3, 0.4) is 0 Å². The standard InChI is InChI=1S/C13H11Br2N3O2/c1-7-4-8(12(16)19)2-3-9(7)6-18-13(20)11(15)10(14)5-17-18/h2-5H,6H2,1H3,(H2,16,19). The molecule has 0 saturated heterocycles. The summed E-state index contributed by atoms with van der Waals surface area (Å²) in [5.41, 5.74) is 7.24. The SMILES string of the molecule is Cc1cc(C(N)=O)ccc1Cn1ncc(Br)c(Br)c1=O. The van der Waals surface area contributed by atoms with Gasteiger partial charge in [-0.1, -0.05) is 6.07 Å². The Hall–Kier alpha value is -1.47. The second-order valence-electron chi connectivity index (χ2n) is 4.27. The van der Waals surface area contributed by atoms with Gasteiger partial charge < -0.3 is 5.73 Å². The number of nitrogens with zero attached hydrogens (tertiary/aromatic N) is 2. The molecule has 0 atom stereocenters. The molecule has 0 spiro atoms. The summed E-state index contributed by atoms with van der Waals surface area (Å²) >= 11 is 6.44. The lowest BCUT2D eigenvalue weighted by Gasteiger charge is -2.09. The van der Waals surface area contributed by atoms with Crippen molar-refractivity contribution >= 4 is 37.8 Å². The maximum atomic E-state index is 12.0. The van der Waals surface area contributed by atoms with Crippen LogP contribution in [0.4, 0.5) is 0 Å². The summed E-state index contributed by atoms with van der Waals surface area (Å²) in [7, 11) is 0. The summed E-state index contributed by atoms with van der Waals surface area (Å²) in [6.07, 6.45) is 1.55. The van der Waals surface area contributed by atoms with Crippen molar-refractivity contribution < 1.29 is 4.79 Å². The monoisotopic (exact) mass is 399 g/mol. The maximum Gasteiger partial charge on any atom is 0.282 e. The number of benzene rings is 1. The highest BCUT2D eigenvalue weighted by Gasteiger charge is 2.09. The Morgan fingerprint density at radius 3 is 2.70 bits per heavy atom. The molecule has 0 aliphatic rings. The number of hydrogen-bond donors (Lipinski definition) is 1. The van der Waals surface area contributed by atoms with E-state index < -0.39 is 5.91 Å². The lowest BCUT2D eigenvalue weighted by molar-refractivity contribution is 0.1000. The van der Waals surface area contributed by atoms with Gasteiger partial charge in [0.15, 0.2) is 0 Å². The van der Waals surface area contributed by atoms with E-state index in [0.717, 1.165) is 11.1 Å². The lowest BCUT2D eigenvalue weighted by Crippen LogP contribution is -2.24. The average Bonchev–Trinajstić information content (AvgIpc) is 2.41. The number of primary amides is 1. The number of aromatic nitrogens is 2. The quantitative estimate of drug-likeness (QED) is 0.857. The van der Waals surface area contributed by atoms with Crippen LogP contribution in [-0.4, -0.2) is 15.7 Å². The van der Waals surface area contributed by atoms with Gasteiger partial charge in [0.25, 0.3) is 5.56 Å². The van der Waals surface area contributed by atoms with Gasteiger partial charge in [-0.3, -0.25) is 9.59 Å². The van der Waals surface area contributed by atoms with E-state index in [9.17, 15) is 9.59 Å². The second kappa shape index (κ2) is 5.88. The normalized spacial score (nSPS) is 10.6. The molecule has 0 saturated carbocycles. The minimum Gasteiger partial charge on any atom is -0.366 e. The molecular formula is C13H11Br2N3O2. The molecule has 1 aromatic carbocycles. The van der Waals surface area contributed by atoms with Crippen molar-refractivity contribution in [2.75, 3.05) is 0 Å². The van der Waals surface area contributed by atoms with Crippen molar-refractivity contribution in [3.05, 3.63) is 60.4 Å². The molecule has 2 rings (SSSR count). The van der Waals surface area contributed by atoms with Crippen LogP contribution < -0.4 is 11.3 Å². The van der Waals surface area contributed by atoms with E-state index in [1.807, 2.05) is 6.92 Å². The minimum absolute atomic E-state index is 0.224. The van der Waals surface area contributed by atoms with E-state index in [-0.39, 0.29) is 5.56 Å². The number of aryl methyl sites for hydroxylation is 1. The molecule has 0 radical (unpaired) electrons. The third kappa shape index (κ3) is 2.99. The number of rotatable bonds is 3. The van der Waals surface area contributed by atoms with Crippen molar-refractivity contribution in [1.82, 2.24) is 9.78 Å². The third-order valence-corrected chi connectivity index (χ3v) is 4.79. The number of carbonyl (C=O) groups is 1. The molecule has 20 heavy (non-hydrogen) atoms. The van der Waals surface area contributed by atoms with Gasteiger partial charge in [0.05, 0.1) is 17.2 Å². The smallest absolute Gasteiger partial charge is 0.282 e. The van der Waals surface area contributed by atoms with Crippen LogP contribution in [0.2, 0.25) is 0 Å². The van der Waals surface area contributed by atoms with Crippen LogP contribution >= 0.6 is 31.9 Å². The van der Waals surface area contributed by atoms with E-state index in [4.69, 9.17) is 5.73 Å². The summed E-state index contributed by atoms with van der Waals surface area (Å²) in [5.74, 6) is -0.471. The highest BCUT2D eigenvalue weighted by Crippen LogP contribution is 2.17. The highest BCUT2D eigenvalue weighted by atomic mass is 79.9. The van der Waals surface area contributed by atoms with Crippen LogP contribution in [0.5, 0.6) is 0 Å². The molecule has 104 valence electrons. The molecule has 0 aliphatic heterocycles. The molecule has 1 heterocycles. The van der Waals surface area contributed by atoms with E-state index in [2.05, 4.69) is 37.0 Å². The van der Waals surface area contributed by atoms with E-state index in [0.29, 0.717) is 21.1 Å². The topological polar surface area (TPSA) is 78.0 Å². The number of hydrogen-bond acceptors (Lipinski definition) is 3. The first kappa shape index (κ1) is 14.9. The maximum absolute atomic E-state index is 12.0. The first-order valence-electron chi connectivity index (χ1n) is 5.70. The lowest BCUT2D eigenvalue weighted by atomic mass is 10.0. The molecule has 7 heteroatoms. The first-order chi connectivity index (χ1) is 9.40. The van der Waals surface area contributed by atoms with E-state index in [1.165, 1.54) is 4.68 Å². The summed E-state index contributed by atoms with van der Waals surface area (Å²) < 4.78 is 2.39. The summed E-state index contributed by atoms with van der Waals surface area (Å²) in [5, 5.41) is 4.07. The Balaban J connectivity index is 2.38. The van der Waals surface area contributed by atoms with Gasteiger partial charge in [-0.25, -0.2) is 4.68 Å². The Morgan fingerprint density at radius 2 is 2.10 bits per heavy atom. The zero-order valence-electron chi connectivity index (χ0n) is 10.6. The van der Waals surface area contributed by atoms with Gasteiger partial charge in [-0.05, 0) is 62.0 Å². The van der Waals surface area contributed by atoms with Gasteiger partial charge in [-0.15, -0.1) is 0 Å². The summed E-state index contributed by atoms with van der Waals surface area (Å²) in [6.45, 7) is 2.19. The molecule has 2 aromatic rings. The molecule has 0 fully saturated rings.